The van der Waals surface area contributed by atoms with Gasteiger partial charge in [-0.3, -0.25) is 0 Å². The molecule has 0 N–H and O–H groups in total. The van der Waals surface area contributed by atoms with Gasteiger partial charge in [-0.2, -0.15) is 0 Å². The molecule has 1 nitrogen and oxygen atoms in total. The Morgan fingerprint density at radius 3 is 2.14 bits per heavy atom. The fourth-order valence-corrected chi connectivity index (χ4v) is 11.7. The van der Waals surface area contributed by atoms with E-state index in [0.29, 0.717) is 0 Å². The highest BCUT2D eigenvalue weighted by atomic mass is 32.1. The summed E-state index contributed by atoms with van der Waals surface area (Å²) in [5.41, 5.74) is 19.5. The third kappa shape index (κ3) is 6.28. The normalized spacial score (nSPS) is 14.1. The molecule has 3 aliphatic rings. The first-order chi connectivity index (χ1) is 31.7. The van der Waals surface area contributed by atoms with E-state index in [4.69, 9.17) is 0 Å². The summed E-state index contributed by atoms with van der Waals surface area (Å²) in [4.78, 5) is 2.48. The van der Waals surface area contributed by atoms with Crippen LogP contribution in [-0.2, 0) is 6.42 Å². The number of anilines is 2. The van der Waals surface area contributed by atoms with Crippen LogP contribution in [0.2, 0.25) is 0 Å². The van der Waals surface area contributed by atoms with Crippen molar-refractivity contribution >= 4 is 82.2 Å². The molecule has 9 aromatic carbocycles. The third-order valence-electron chi connectivity index (χ3n) is 13.8. The zero-order chi connectivity index (χ0) is 42.1. The summed E-state index contributed by atoms with van der Waals surface area (Å²) in [5, 5.41) is 7.86. The Balaban J connectivity index is 0.871. The van der Waals surface area contributed by atoms with Gasteiger partial charge in [0.15, 0.2) is 0 Å². The Hall–Kier alpha value is -7.52. The van der Waals surface area contributed by atoms with Gasteiger partial charge in [-0.05, 0) is 169 Å². The lowest BCUT2D eigenvalue weighted by Gasteiger charge is -2.30. The molecule has 0 unspecified atom stereocenters. The van der Waals surface area contributed by atoms with E-state index in [1.807, 2.05) is 11.3 Å². The number of hydrogen-bond donors (Lipinski definition) is 0. The van der Waals surface area contributed by atoms with Crippen molar-refractivity contribution in [1.82, 2.24) is 0 Å². The highest BCUT2D eigenvalue weighted by molar-refractivity contribution is 7.26. The first-order valence-electron chi connectivity index (χ1n) is 22.5. The van der Waals surface area contributed by atoms with E-state index in [9.17, 15) is 0 Å². The van der Waals surface area contributed by atoms with E-state index in [-0.39, 0.29) is 0 Å². The van der Waals surface area contributed by atoms with Gasteiger partial charge >= 0.3 is 0 Å². The van der Waals surface area contributed by atoms with Crippen LogP contribution in [0.15, 0.2) is 206 Å². The van der Waals surface area contributed by atoms with Gasteiger partial charge in [0.1, 0.15) is 0 Å². The maximum absolute atomic E-state index is 2.48. The summed E-state index contributed by atoms with van der Waals surface area (Å²) in [7, 11) is 0. The number of fused-ring (bicyclic) bond motifs is 11. The van der Waals surface area contributed by atoms with Crippen molar-refractivity contribution in [2.75, 3.05) is 4.90 Å². The summed E-state index contributed by atoms with van der Waals surface area (Å²) in [6.45, 7) is 0. The van der Waals surface area contributed by atoms with Crippen LogP contribution in [0.25, 0.3) is 92.8 Å². The van der Waals surface area contributed by atoms with Crippen LogP contribution in [0.3, 0.4) is 0 Å². The maximum Gasteiger partial charge on any atom is 0.0464 e. The summed E-state index contributed by atoms with van der Waals surface area (Å²) in [5.74, 6) is 0. The van der Waals surface area contributed by atoms with Crippen LogP contribution in [-0.4, -0.2) is 0 Å². The first kappa shape index (κ1) is 37.1. The van der Waals surface area contributed by atoms with Crippen molar-refractivity contribution in [2.24, 2.45) is 0 Å². The highest BCUT2D eigenvalue weighted by Gasteiger charge is 2.24. The molecule has 0 radical (unpaired) electrons. The van der Waals surface area contributed by atoms with Gasteiger partial charge in [0.05, 0.1) is 0 Å². The molecule has 0 saturated heterocycles. The molecule has 10 aromatic rings. The van der Waals surface area contributed by atoms with Crippen molar-refractivity contribution < 1.29 is 0 Å². The minimum Gasteiger partial charge on any atom is -0.314 e. The van der Waals surface area contributed by atoms with E-state index in [0.717, 1.165) is 37.1 Å². The first-order valence-corrected chi connectivity index (χ1v) is 23.4. The molecule has 0 bridgehead atoms. The smallest absolute Gasteiger partial charge is 0.0464 e. The largest absolute Gasteiger partial charge is 0.314 e. The Morgan fingerprint density at radius 1 is 0.453 bits per heavy atom. The summed E-state index contributed by atoms with van der Waals surface area (Å²) >= 11 is 1.91. The minimum absolute atomic E-state index is 0.930. The average Bonchev–Trinajstić information content (AvgIpc) is 3.83. The Kier molecular flexibility index (Phi) is 8.74. The van der Waals surface area contributed by atoms with Gasteiger partial charge in [0.25, 0.3) is 0 Å². The molecule has 0 saturated carbocycles. The predicted molar refractivity (Wildman–Crippen MR) is 276 cm³/mol. The molecule has 302 valence electrons. The van der Waals surface area contributed by atoms with Gasteiger partial charge in [-0.25, -0.2) is 0 Å². The number of hydrogen-bond acceptors (Lipinski definition) is 2. The quantitative estimate of drug-likeness (QED) is 0.161. The second-order valence-corrected chi connectivity index (χ2v) is 18.6. The highest BCUT2D eigenvalue weighted by Crippen LogP contribution is 2.45. The fourth-order valence-electron chi connectivity index (χ4n) is 10.5. The third-order valence-corrected chi connectivity index (χ3v) is 15.0. The summed E-state index contributed by atoms with van der Waals surface area (Å²) in [6.07, 6.45) is 17.8. The molecule has 13 rings (SSSR count). The number of thiophene rings is 1. The second kappa shape index (κ2) is 15.1. The lowest BCUT2D eigenvalue weighted by Crippen LogP contribution is -2.18. The molecule has 2 heteroatoms. The van der Waals surface area contributed by atoms with Gasteiger partial charge in [0.2, 0.25) is 0 Å². The lowest BCUT2D eigenvalue weighted by atomic mass is 9.93. The number of allylic oxidation sites excluding steroid dienone is 6. The monoisotopic (exact) mass is 833 g/mol. The molecule has 1 heterocycles. The van der Waals surface area contributed by atoms with Crippen molar-refractivity contribution in [3.63, 3.8) is 0 Å². The summed E-state index contributed by atoms with van der Waals surface area (Å²) < 4.78 is 2.72. The molecular weight excluding hydrogens is 791 g/mol. The van der Waals surface area contributed by atoms with E-state index in [1.54, 1.807) is 0 Å². The van der Waals surface area contributed by atoms with Crippen molar-refractivity contribution in [3.05, 3.63) is 234 Å². The SMILES string of the molecule is C1=Cc2ccc3c(c2C=CC1)Cc1ccc(-c2ccc(N(C4=CC=C(c5ccc6sc7c8ccccc8ccc7c6c5)CC4)c4cccc(-c5ccc6ccccc6c5)c4)cc2)cc1-3. The average molecular weight is 834 g/mol. The van der Waals surface area contributed by atoms with E-state index in [1.165, 1.54) is 114 Å². The number of rotatable bonds is 6. The summed E-state index contributed by atoms with van der Waals surface area (Å²) in [6, 6.07) is 65.9. The van der Waals surface area contributed by atoms with Crippen LogP contribution >= 0.6 is 11.3 Å². The molecule has 0 amide bonds. The maximum atomic E-state index is 2.48. The van der Waals surface area contributed by atoms with E-state index < -0.39 is 0 Å². The molecule has 0 spiro atoms. The predicted octanol–water partition coefficient (Wildman–Crippen LogP) is 17.6. The number of benzene rings is 9. The van der Waals surface area contributed by atoms with E-state index in [2.05, 4.69) is 217 Å². The van der Waals surface area contributed by atoms with Crippen molar-refractivity contribution in [3.8, 4) is 33.4 Å². The molecular formula is C62H43NS. The Bertz CT molecular complexity index is 3670. The topological polar surface area (TPSA) is 3.24 Å². The molecule has 0 fully saturated rings. The van der Waals surface area contributed by atoms with Gasteiger partial charge in [-0.1, -0.05) is 158 Å². The molecule has 64 heavy (non-hydrogen) atoms. The van der Waals surface area contributed by atoms with Crippen LogP contribution in [0.4, 0.5) is 11.4 Å². The number of nitrogens with zero attached hydrogens (tertiary/aromatic N) is 1. The van der Waals surface area contributed by atoms with Crippen LogP contribution in [0.1, 0.15) is 47.1 Å². The molecule has 3 aliphatic carbocycles. The van der Waals surface area contributed by atoms with Gasteiger partial charge in [-0.15, -0.1) is 11.3 Å². The van der Waals surface area contributed by atoms with Crippen LogP contribution in [0, 0.1) is 0 Å². The fraction of sp³-hybridized carbons (Fsp3) is 0.0645. The van der Waals surface area contributed by atoms with Crippen molar-refractivity contribution in [1.29, 1.82) is 0 Å². The molecule has 1 aromatic heterocycles. The van der Waals surface area contributed by atoms with Crippen LogP contribution < -0.4 is 4.90 Å². The zero-order valence-corrected chi connectivity index (χ0v) is 36.2. The zero-order valence-electron chi connectivity index (χ0n) is 35.4. The Morgan fingerprint density at radius 2 is 1.23 bits per heavy atom. The van der Waals surface area contributed by atoms with Crippen LogP contribution in [0.5, 0.6) is 0 Å². The molecule has 0 aliphatic heterocycles. The Labute approximate surface area is 377 Å². The van der Waals surface area contributed by atoms with E-state index >= 15 is 0 Å². The minimum atomic E-state index is 0.930. The van der Waals surface area contributed by atoms with Crippen molar-refractivity contribution in [2.45, 2.75) is 25.7 Å². The lowest BCUT2D eigenvalue weighted by molar-refractivity contribution is 0.930. The van der Waals surface area contributed by atoms with Gasteiger partial charge in [0, 0.05) is 37.2 Å². The van der Waals surface area contributed by atoms with Gasteiger partial charge < -0.3 is 4.90 Å². The standard InChI is InChI=1S/C62H43NS/c1-2-10-43-25-32-56-58-37-48(19-20-50(58)39-59(56)54(43)15-3-1)41-21-28-51(29-22-41)63(53-14-8-13-46(36-53)47-18-17-40-9-4-5-12-45(40)35-47)52-30-23-42(24-31-52)49-27-34-61-60(38-49)57-33-26-44-11-6-7-16-55(44)62(57)64-61/h2-23,25-30,32-38H,1,24,31,39H2. The molecule has 0 atom stereocenters. The second-order valence-electron chi connectivity index (χ2n) is 17.5.